The Kier molecular flexibility index (Phi) is 6.74. The maximum Gasteiger partial charge on any atom is 0.341 e. The minimum Gasteiger partial charge on any atom is -0.465 e. The molecule has 0 aliphatic heterocycles. The van der Waals surface area contributed by atoms with Crippen LogP contribution in [0.3, 0.4) is 0 Å². The average molecular weight is 524 g/mol. The van der Waals surface area contributed by atoms with Crippen LogP contribution in [0.4, 0.5) is 5.00 Å². The second-order valence-corrected chi connectivity index (χ2v) is 12.3. The largest absolute Gasteiger partial charge is 0.465 e. The molecule has 5 rings (SSSR count). The number of thioether (sulfide) groups is 1. The summed E-state index contributed by atoms with van der Waals surface area (Å²) in [4.78, 5) is 34.4. The number of thiophene rings is 1. The highest BCUT2D eigenvalue weighted by Crippen LogP contribution is 2.44. The number of nitrogens with zero attached hydrogens (tertiary/aromatic N) is 3. The summed E-state index contributed by atoms with van der Waals surface area (Å²) in [6.07, 6.45) is 3.02. The van der Waals surface area contributed by atoms with Gasteiger partial charge in [0.15, 0.2) is 5.65 Å². The van der Waals surface area contributed by atoms with Gasteiger partial charge in [0.25, 0.3) is 0 Å². The van der Waals surface area contributed by atoms with Crippen LogP contribution >= 0.6 is 23.1 Å². The number of aromatic nitrogens is 4. The Morgan fingerprint density at radius 3 is 2.83 bits per heavy atom. The van der Waals surface area contributed by atoms with Crippen LogP contribution in [0.15, 0.2) is 29.4 Å². The minimum absolute atomic E-state index is 0.154. The van der Waals surface area contributed by atoms with Crippen molar-refractivity contribution in [1.82, 2.24) is 20.2 Å². The fraction of sp³-hybridized carbons (Fsp3) is 0.423. The zero-order chi connectivity index (χ0) is 25.4. The lowest BCUT2D eigenvalue weighted by Crippen LogP contribution is -2.26. The van der Waals surface area contributed by atoms with Crippen LogP contribution in [-0.2, 0) is 22.4 Å². The summed E-state index contributed by atoms with van der Waals surface area (Å²) >= 11 is 2.88. The van der Waals surface area contributed by atoms with Crippen molar-refractivity contribution in [3.05, 3.63) is 40.3 Å². The molecule has 1 aliphatic rings. The molecule has 0 radical (unpaired) electrons. The van der Waals surface area contributed by atoms with E-state index in [-0.39, 0.29) is 17.7 Å². The number of H-pyrrole nitrogens is 1. The van der Waals surface area contributed by atoms with Crippen LogP contribution in [-0.4, -0.2) is 44.9 Å². The number of fused-ring (bicyclic) bond motifs is 4. The number of rotatable bonds is 6. The minimum atomic E-state index is -0.391. The van der Waals surface area contributed by atoms with Crippen molar-refractivity contribution in [3.8, 4) is 0 Å². The van der Waals surface area contributed by atoms with E-state index in [4.69, 9.17) is 4.74 Å². The van der Waals surface area contributed by atoms with Gasteiger partial charge in [-0.05, 0) is 42.2 Å². The number of benzene rings is 1. The van der Waals surface area contributed by atoms with Crippen LogP contribution in [0.25, 0.3) is 22.1 Å². The number of carbonyl (C=O) groups is 2. The summed E-state index contributed by atoms with van der Waals surface area (Å²) in [5, 5.41) is 13.6. The molecule has 2 N–H and O–H groups in total. The molecule has 0 fully saturated rings. The van der Waals surface area contributed by atoms with Crippen molar-refractivity contribution in [3.63, 3.8) is 0 Å². The highest BCUT2D eigenvalue weighted by molar-refractivity contribution is 7.99. The molecule has 1 atom stereocenters. The van der Waals surface area contributed by atoms with Crippen molar-refractivity contribution in [2.45, 2.75) is 51.6 Å². The topological polar surface area (TPSA) is 110 Å². The van der Waals surface area contributed by atoms with Gasteiger partial charge in [-0.25, -0.2) is 9.78 Å². The summed E-state index contributed by atoms with van der Waals surface area (Å²) in [7, 11) is 1.38. The molecule has 188 valence electrons. The van der Waals surface area contributed by atoms with E-state index in [0.29, 0.717) is 33.0 Å². The second kappa shape index (κ2) is 9.82. The molecular weight excluding hydrogens is 494 g/mol. The van der Waals surface area contributed by atoms with Gasteiger partial charge in [0.05, 0.1) is 12.7 Å². The van der Waals surface area contributed by atoms with E-state index in [9.17, 15) is 9.59 Å². The molecule has 1 aliphatic carbocycles. The number of anilines is 1. The van der Waals surface area contributed by atoms with Gasteiger partial charge in [-0.3, -0.25) is 4.79 Å². The van der Waals surface area contributed by atoms with Crippen molar-refractivity contribution in [1.29, 1.82) is 0 Å². The molecular formula is C26H29N5O3S2. The predicted octanol–water partition coefficient (Wildman–Crippen LogP) is 5.63. The summed E-state index contributed by atoms with van der Waals surface area (Å²) in [6, 6.07) is 7.87. The van der Waals surface area contributed by atoms with Crippen molar-refractivity contribution >= 4 is 62.0 Å². The van der Waals surface area contributed by atoms with E-state index >= 15 is 0 Å². The number of ether oxygens (including phenoxy) is 1. The molecule has 0 saturated heterocycles. The third-order valence-electron chi connectivity index (χ3n) is 6.80. The Bertz CT molecular complexity index is 1450. The van der Waals surface area contributed by atoms with E-state index in [1.165, 1.54) is 35.1 Å². The van der Waals surface area contributed by atoms with Gasteiger partial charge in [-0.2, -0.15) is 0 Å². The summed E-state index contributed by atoms with van der Waals surface area (Å²) in [5.74, 6) is 0.484. The van der Waals surface area contributed by atoms with Crippen LogP contribution in [0.1, 0.15) is 54.4 Å². The van der Waals surface area contributed by atoms with E-state index < -0.39 is 5.97 Å². The number of nitrogens with one attached hydrogen (secondary N) is 2. The van der Waals surface area contributed by atoms with E-state index in [1.54, 1.807) is 0 Å². The third-order valence-corrected chi connectivity index (χ3v) is 8.80. The van der Waals surface area contributed by atoms with Gasteiger partial charge in [0.1, 0.15) is 10.5 Å². The lowest BCUT2D eigenvalue weighted by atomic mass is 9.72. The number of carbonyl (C=O) groups excluding carboxylic acids is 2. The molecule has 0 bridgehead atoms. The lowest BCUT2D eigenvalue weighted by molar-refractivity contribution is -0.115. The van der Waals surface area contributed by atoms with Crippen LogP contribution in [0, 0.1) is 11.3 Å². The number of hydrogen-bond acceptors (Lipinski definition) is 8. The quantitative estimate of drug-likeness (QED) is 0.249. The Balaban J connectivity index is 1.25. The molecule has 0 saturated carbocycles. The van der Waals surface area contributed by atoms with E-state index in [0.717, 1.165) is 41.2 Å². The Morgan fingerprint density at radius 1 is 1.25 bits per heavy atom. The Hall–Kier alpha value is -2.98. The first kappa shape index (κ1) is 24.7. The number of methoxy groups -OCH3 is 1. The summed E-state index contributed by atoms with van der Waals surface area (Å²) in [6.45, 7) is 6.77. The van der Waals surface area contributed by atoms with Crippen LogP contribution in [0.2, 0.25) is 0 Å². The van der Waals surface area contributed by atoms with Gasteiger partial charge >= 0.3 is 5.97 Å². The van der Waals surface area contributed by atoms with Crippen LogP contribution < -0.4 is 5.32 Å². The van der Waals surface area contributed by atoms with Crippen molar-refractivity contribution in [2.75, 3.05) is 18.2 Å². The van der Waals surface area contributed by atoms with Gasteiger partial charge in [-0.1, -0.05) is 50.7 Å². The lowest BCUT2D eigenvalue weighted by Gasteiger charge is -2.33. The van der Waals surface area contributed by atoms with E-state index in [1.807, 2.05) is 24.3 Å². The van der Waals surface area contributed by atoms with Gasteiger partial charge in [0.2, 0.25) is 11.1 Å². The number of hydrogen-bond donors (Lipinski definition) is 2. The molecule has 1 aromatic carbocycles. The van der Waals surface area contributed by atoms with Crippen LogP contribution in [0.5, 0.6) is 0 Å². The number of amides is 1. The fourth-order valence-electron chi connectivity index (χ4n) is 4.72. The SMILES string of the molecule is COC(=O)c1c(NC(=O)CCSc2nnc3c(n2)[nH]c2ccccc23)sc2c1CCC(C(C)(C)C)C2. The molecule has 8 nitrogen and oxygen atoms in total. The Labute approximate surface area is 217 Å². The standard InChI is InChI=1S/C26H29N5O3S2/c1-26(2,3)14-9-10-16-18(13-14)36-23(20(16)24(33)34-4)28-19(32)11-12-35-25-29-22-21(30-31-25)15-7-5-6-8-17(15)27-22/h5-8,14H,9-13H2,1-4H3,(H,28,32)(H,27,29,31). The molecule has 3 aromatic heterocycles. The highest BCUT2D eigenvalue weighted by Gasteiger charge is 2.34. The van der Waals surface area contributed by atoms with Gasteiger partial charge < -0.3 is 15.0 Å². The molecule has 1 unspecified atom stereocenters. The molecule has 1 amide bonds. The first-order chi connectivity index (χ1) is 17.2. The average Bonchev–Trinajstić information content (AvgIpc) is 3.39. The monoisotopic (exact) mass is 523 g/mol. The maximum absolute atomic E-state index is 12.8. The molecule has 4 aromatic rings. The summed E-state index contributed by atoms with van der Waals surface area (Å²) in [5.41, 5.74) is 4.12. The summed E-state index contributed by atoms with van der Waals surface area (Å²) < 4.78 is 5.06. The van der Waals surface area contributed by atoms with E-state index in [2.05, 4.69) is 46.3 Å². The second-order valence-electron chi connectivity index (χ2n) is 10.1. The zero-order valence-electron chi connectivity index (χ0n) is 20.8. The smallest absolute Gasteiger partial charge is 0.341 e. The third kappa shape index (κ3) is 4.84. The zero-order valence-corrected chi connectivity index (χ0v) is 22.4. The number of para-hydroxylation sites is 1. The molecule has 36 heavy (non-hydrogen) atoms. The van der Waals surface area contributed by atoms with Crippen molar-refractivity contribution < 1.29 is 14.3 Å². The van der Waals surface area contributed by atoms with Crippen molar-refractivity contribution in [2.24, 2.45) is 11.3 Å². The normalized spacial score (nSPS) is 15.7. The highest BCUT2D eigenvalue weighted by atomic mass is 32.2. The maximum atomic E-state index is 12.8. The van der Waals surface area contributed by atoms with Gasteiger partial charge in [-0.15, -0.1) is 21.5 Å². The Morgan fingerprint density at radius 2 is 2.06 bits per heavy atom. The first-order valence-corrected chi connectivity index (χ1v) is 13.8. The first-order valence-electron chi connectivity index (χ1n) is 12.0. The molecule has 10 heteroatoms. The number of aromatic amines is 1. The predicted molar refractivity (Wildman–Crippen MR) is 144 cm³/mol. The van der Waals surface area contributed by atoms with Gasteiger partial charge in [0, 0.05) is 28.0 Å². The molecule has 3 heterocycles. The number of esters is 1. The fourth-order valence-corrected chi connectivity index (χ4v) is 6.78. The molecule has 0 spiro atoms.